The van der Waals surface area contributed by atoms with Crippen molar-refractivity contribution in [2.24, 2.45) is 5.92 Å². The predicted molar refractivity (Wildman–Crippen MR) is 70.3 cm³/mol. The Labute approximate surface area is 114 Å². The normalized spacial score (nSPS) is 12.7. The lowest BCUT2D eigenvalue weighted by Crippen LogP contribution is -2.32. The van der Waals surface area contributed by atoms with Crippen LogP contribution >= 0.6 is 0 Å². The fourth-order valence-electron chi connectivity index (χ4n) is 1.37. The molecule has 0 fully saturated rings. The zero-order valence-electron chi connectivity index (χ0n) is 12.4. The van der Waals surface area contributed by atoms with Gasteiger partial charge in [0.05, 0.1) is 5.92 Å². The first-order chi connectivity index (χ1) is 8.67. The second-order valence-corrected chi connectivity index (χ2v) is 5.61. The number of hydrogen-bond acceptors (Lipinski definition) is 5. The molecule has 0 radical (unpaired) electrons. The van der Waals surface area contributed by atoms with Crippen LogP contribution in [0.4, 0.5) is 0 Å². The minimum Gasteiger partial charge on any atom is -0.452 e. The van der Waals surface area contributed by atoms with Gasteiger partial charge in [0.1, 0.15) is 5.60 Å². The van der Waals surface area contributed by atoms with Gasteiger partial charge >= 0.3 is 17.9 Å². The zero-order chi connectivity index (χ0) is 15.1. The number of ether oxygens (including phenoxy) is 2. The monoisotopic (exact) mass is 272 g/mol. The topological polar surface area (TPSA) is 69.7 Å². The molecular formula is C14H24O5. The Morgan fingerprint density at radius 2 is 1.63 bits per heavy atom. The molecule has 0 rings (SSSR count). The summed E-state index contributed by atoms with van der Waals surface area (Å²) in [7, 11) is 0. The van der Waals surface area contributed by atoms with Gasteiger partial charge < -0.3 is 9.47 Å². The second kappa shape index (κ2) is 7.92. The van der Waals surface area contributed by atoms with Gasteiger partial charge in [-0.1, -0.05) is 33.1 Å². The number of esters is 3. The molecule has 0 saturated carbocycles. The summed E-state index contributed by atoms with van der Waals surface area (Å²) in [6.07, 6.45) is 3.62. The molecule has 0 heterocycles. The second-order valence-electron chi connectivity index (χ2n) is 5.61. The highest BCUT2D eigenvalue weighted by atomic mass is 16.6. The van der Waals surface area contributed by atoms with Gasteiger partial charge in [0.15, 0.2) is 0 Å². The SMILES string of the molecule is CCCCCC(C)C(=O)OC(=O)C(=O)OC(C)(C)C. The molecule has 0 aromatic heterocycles. The van der Waals surface area contributed by atoms with Crippen LogP contribution in [-0.4, -0.2) is 23.5 Å². The van der Waals surface area contributed by atoms with Crippen molar-refractivity contribution in [2.75, 3.05) is 0 Å². The highest BCUT2D eigenvalue weighted by Crippen LogP contribution is 2.12. The molecule has 0 N–H and O–H groups in total. The molecule has 0 saturated heterocycles. The fourth-order valence-corrected chi connectivity index (χ4v) is 1.37. The summed E-state index contributed by atoms with van der Waals surface area (Å²) in [6.45, 7) is 8.64. The van der Waals surface area contributed by atoms with Crippen LogP contribution in [0.3, 0.4) is 0 Å². The summed E-state index contributed by atoms with van der Waals surface area (Å²) >= 11 is 0. The van der Waals surface area contributed by atoms with Crippen LogP contribution in [0.25, 0.3) is 0 Å². The Balaban J connectivity index is 4.18. The number of unbranched alkanes of at least 4 members (excludes halogenated alkanes) is 2. The fraction of sp³-hybridized carbons (Fsp3) is 0.786. The van der Waals surface area contributed by atoms with Crippen LogP contribution in [-0.2, 0) is 23.9 Å². The lowest BCUT2D eigenvalue weighted by molar-refractivity contribution is -0.180. The maximum Gasteiger partial charge on any atom is 0.425 e. The molecular weight excluding hydrogens is 248 g/mol. The Morgan fingerprint density at radius 1 is 1.05 bits per heavy atom. The lowest BCUT2D eigenvalue weighted by Gasteiger charge is -2.18. The van der Waals surface area contributed by atoms with Gasteiger partial charge in [0.25, 0.3) is 0 Å². The van der Waals surface area contributed by atoms with Crippen molar-refractivity contribution in [1.82, 2.24) is 0 Å². The maximum absolute atomic E-state index is 11.6. The molecule has 5 nitrogen and oxygen atoms in total. The van der Waals surface area contributed by atoms with E-state index in [2.05, 4.69) is 11.7 Å². The number of carbonyl (C=O) groups excluding carboxylic acids is 3. The number of rotatable bonds is 5. The average molecular weight is 272 g/mol. The first kappa shape index (κ1) is 17.6. The van der Waals surface area contributed by atoms with Crippen molar-refractivity contribution in [2.45, 2.75) is 65.9 Å². The Hall–Kier alpha value is -1.39. The van der Waals surface area contributed by atoms with E-state index in [0.29, 0.717) is 6.42 Å². The molecule has 0 amide bonds. The third-order valence-electron chi connectivity index (χ3n) is 2.40. The van der Waals surface area contributed by atoms with Crippen LogP contribution in [0.15, 0.2) is 0 Å². The Morgan fingerprint density at radius 3 is 2.11 bits per heavy atom. The zero-order valence-corrected chi connectivity index (χ0v) is 12.4. The molecule has 0 aliphatic heterocycles. The average Bonchev–Trinajstić information content (AvgIpc) is 2.26. The molecule has 19 heavy (non-hydrogen) atoms. The van der Waals surface area contributed by atoms with E-state index in [1.807, 2.05) is 0 Å². The van der Waals surface area contributed by atoms with E-state index < -0.39 is 29.4 Å². The van der Waals surface area contributed by atoms with Gasteiger partial charge in [-0.3, -0.25) is 4.79 Å². The summed E-state index contributed by atoms with van der Waals surface area (Å²) in [6, 6.07) is 0. The molecule has 0 aromatic rings. The third-order valence-corrected chi connectivity index (χ3v) is 2.40. The minimum absolute atomic E-state index is 0.391. The molecule has 5 heteroatoms. The van der Waals surface area contributed by atoms with Gasteiger partial charge in [-0.15, -0.1) is 0 Å². The summed E-state index contributed by atoms with van der Waals surface area (Å²) in [5.41, 5.74) is -0.786. The minimum atomic E-state index is -1.25. The highest BCUT2D eigenvalue weighted by molar-refractivity contribution is 6.31. The molecule has 0 bridgehead atoms. The Bertz CT molecular complexity index is 327. The van der Waals surface area contributed by atoms with Gasteiger partial charge in [-0.05, 0) is 27.2 Å². The third kappa shape index (κ3) is 8.35. The van der Waals surface area contributed by atoms with Gasteiger partial charge in [-0.2, -0.15) is 0 Å². The van der Waals surface area contributed by atoms with Crippen LogP contribution in [0.2, 0.25) is 0 Å². The molecule has 0 aliphatic rings. The van der Waals surface area contributed by atoms with E-state index in [1.54, 1.807) is 27.7 Å². The molecule has 0 spiro atoms. The van der Waals surface area contributed by atoms with Crippen LogP contribution in [0.5, 0.6) is 0 Å². The quantitative estimate of drug-likeness (QED) is 0.333. The largest absolute Gasteiger partial charge is 0.452 e. The van der Waals surface area contributed by atoms with Crippen molar-refractivity contribution in [3.05, 3.63) is 0 Å². The summed E-state index contributed by atoms with van der Waals surface area (Å²) in [5.74, 6) is -3.45. The summed E-state index contributed by atoms with van der Waals surface area (Å²) < 4.78 is 9.31. The maximum atomic E-state index is 11.6. The Kier molecular flexibility index (Phi) is 7.34. The summed E-state index contributed by atoms with van der Waals surface area (Å²) in [5, 5.41) is 0. The van der Waals surface area contributed by atoms with Crippen LogP contribution < -0.4 is 0 Å². The first-order valence-electron chi connectivity index (χ1n) is 6.66. The number of carbonyl (C=O) groups is 3. The van der Waals surface area contributed by atoms with E-state index in [-0.39, 0.29) is 0 Å². The van der Waals surface area contributed by atoms with E-state index in [1.165, 1.54) is 0 Å². The molecule has 0 aromatic carbocycles. The number of hydrogen-bond donors (Lipinski definition) is 0. The van der Waals surface area contributed by atoms with Crippen LogP contribution in [0.1, 0.15) is 60.3 Å². The van der Waals surface area contributed by atoms with Crippen LogP contribution in [0, 0.1) is 5.92 Å². The van der Waals surface area contributed by atoms with Gasteiger partial charge in [0.2, 0.25) is 0 Å². The first-order valence-corrected chi connectivity index (χ1v) is 6.66. The molecule has 0 aliphatic carbocycles. The van der Waals surface area contributed by atoms with Crippen molar-refractivity contribution < 1.29 is 23.9 Å². The van der Waals surface area contributed by atoms with Crippen molar-refractivity contribution in [3.8, 4) is 0 Å². The molecule has 1 atom stereocenters. The highest BCUT2D eigenvalue weighted by Gasteiger charge is 2.28. The van der Waals surface area contributed by atoms with E-state index in [4.69, 9.17) is 4.74 Å². The lowest BCUT2D eigenvalue weighted by atomic mass is 10.0. The van der Waals surface area contributed by atoms with E-state index >= 15 is 0 Å². The molecule has 1 unspecified atom stereocenters. The van der Waals surface area contributed by atoms with Crippen molar-refractivity contribution in [1.29, 1.82) is 0 Å². The molecule has 110 valence electrons. The van der Waals surface area contributed by atoms with E-state index in [9.17, 15) is 14.4 Å². The van der Waals surface area contributed by atoms with Gasteiger partial charge in [-0.25, -0.2) is 9.59 Å². The standard InChI is InChI=1S/C14H24O5/c1-6-7-8-9-10(2)11(15)18-12(16)13(17)19-14(3,4)5/h10H,6-9H2,1-5H3. The van der Waals surface area contributed by atoms with Crippen molar-refractivity contribution >= 4 is 17.9 Å². The van der Waals surface area contributed by atoms with Gasteiger partial charge in [0, 0.05) is 0 Å². The van der Waals surface area contributed by atoms with Crippen molar-refractivity contribution in [3.63, 3.8) is 0 Å². The summed E-state index contributed by atoms with van der Waals surface area (Å²) in [4.78, 5) is 34.2. The predicted octanol–water partition coefficient (Wildman–Crippen LogP) is 2.61. The smallest absolute Gasteiger partial charge is 0.425 e. The van der Waals surface area contributed by atoms with E-state index in [0.717, 1.165) is 19.3 Å².